The van der Waals surface area contributed by atoms with Gasteiger partial charge >= 0.3 is 6.18 Å². The minimum atomic E-state index is -4.31. The van der Waals surface area contributed by atoms with E-state index in [1.54, 1.807) is 12.1 Å². The second-order valence-electron chi connectivity index (χ2n) is 9.53. The van der Waals surface area contributed by atoms with Crippen molar-refractivity contribution in [2.75, 3.05) is 25.1 Å². The van der Waals surface area contributed by atoms with E-state index in [9.17, 15) is 13.2 Å². The summed E-state index contributed by atoms with van der Waals surface area (Å²) in [6.45, 7) is 3.61. The first kappa shape index (κ1) is 22.2. The molecule has 5 heteroatoms. The van der Waals surface area contributed by atoms with Crippen molar-refractivity contribution < 1.29 is 17.9 Å². The average Bonchev–Trinajstić information content (AvgIpc) is 3.19. The van der Waals surface area contributed by atoms with Crippen LogP contribution in [-0.4, -0.2) is 25.8 Å². The van der Waals surface area contributed by atoms with E-state index in [2.05, 4.69) is 43.1 Å². The van der Waals surface area contributed by atoms with Crippen LogP contribution in [0.5, 0.6) is 0 Å². The van der Waals surface area contributed by atoms with E-state index in [4.69, 9.17) is 4.74 Å². The molecule has 1 atom stereocenters. The van der Waals surface area contributed by atoms with Crippen LogP contribution < -0.4 is 4.90 Å². The molecule has 0 N–H and O–H groups in total. The van der Waals surface area contributed by atoms with Crippen molar-refractivity contribution in [1.29, 1.82) is 0 Å². The zero-order chi connectivity index (χ0) is 22.1. The van der Waals surface area contributed by atoms with Crippen molar-refractivity contribution in [3.8, 4) is 0 Å². The molecule has 2 nitrogen and oxygen atoms in total. The molecule has 0 amide bonds. The first-order valence-electron chi connectivity index (χ1n) is 11.3. The molecule has 1 saturated heterocycles. The maximum Gasteiger partial charge on any atom is 0.416 e. The van der Waals surface area contributed by atoms with Crippen molar-refractivity contribution in [3.63, 3.8) is 0 Å². The van der Waals surface area contributed by atoms with E-state index in [0.717, 1.165) is 44.2 Å². The monoisotopic (exact) mass is 431 g/mol. The predicted octanol–water partition coefficient (Wildman–Crippen LogP) is 6.90. The number of benzene rings is 2. The van der Waals surface area contributed by atoms with Crippen LogP contribution in [0.2, 0.25) is 0 Å². The van der Waals surface area contributed by atoms with Crippen LogP contribution in [-0.2, 0) is 16.3 Å². The molecule has 1 saturated carbocycles. The van der Waals surface area contributed by atoms with Crippen LogP contribution in [0, 0.1) is 6.92 Å². The number of halogens is 3. The van der Waals surface area contributed by atoms with Gasteiger partial charge in [-0.1, -0.05) is 37.1 Å². The SMILES string of the molecule is Cc1cccc(N(C)CC[C@]2(c3ccc(C(F)(F)F)cc3)CCOC3(CCCC3)C2)c1. The minimum Gasteiger partial charge on any atom is -0.375 e. The third-order valence-electron chi connectivity index (χ3n) is 7.36. The Kier molecular flexibility index (Phi) is 6.08. The summed E-state index contributed by atoms with van der Waals surface area (Å²) in [6, 6.07) is 14.4. The Bertz CT molecular complexity index is 886. The largest absolute Gasteiger partial charge is 0.416 e. The van der Waals surface area contributed by atoms with E-state index in [0.29, 0.717) is 6.61 Å². The fraction of sp³-hybridized carbons (Fsp3) is 0.538. The number of aryl methyl sites for hydroxylation is 1. The molecule has 0 unspecified atom stereocenters. The normalized spacial score (nSPS) is 23.3. The topological polar surface area (TPSA) is 12.5 Å². The zero-order valence-electron chi connectivity index (χ0n) is 18.5. The minimum absolute atomic E-state index is 0.108. The van der Waals surface area contributed by atoms with Gasteiger partial charge in [-0.3, -0.25) is 0 Å². The van der Waals surface area contributed by atoms with E-state index in [-0.39, 0.29) is 11.0 Å². The molecular formula is C26H32F3NO. The Morgan fingerprint density at radius 2 is 1.71 bits per heavy atom. The van der Waals surface area contributed by atoms with Gasteiger partial charge in [-0.15, -0.1) is 0 Å². The molecule has 2 aromatic rings. The summed E-state index contributed by atoms with van der Waals surface area (Å²) in [5.41, 5.74) is 2.56. The predicted molar refractivity (Wildman–Crippen MR) is 119 cm³/mol. The van der Waals surface area contributed by atoms with Gasteiger partial charge in [0.1, 0.15) is 0 Å². The first-order chi connectivity index (χ1) is 14.7. The van der Waals surface area contributed by atoms with Gasteiger partial charge in [-0.2, -0.15) is 13.2 Å². The molecule has 1 spiro atoms. The number of ether oxygens (including phenoxy) is 1. The Morgan fingerprint density at radius 1 is 1.00 bits per heavy atom. The maximum atomic E-state index is 13.1. The number of rotatable bonds is 5. The Labute approximate surface area is 183 Å². The molecule has 1 heterocycles. The Morgan fingerprint density at radius 3 is 2.35 bits per heavy atom. The lowest BCUT2D eigenvalue weighted by Crippen LogP contribution is -2.47. The third kappa shape index (κ3) is 4.77. The van der Waals surface area contributed by atoms with Crippen molar-refractivity contribution in [2.24, 2.45) is 0 Å². The molecule has 1 aliphatic heterocycles. The van der Waals surface area contributed by atoms with Gasteiger partial charge in [-0.05, 0) is 74.4 Å². The summed E-state index contributed by atoms with van der Waals surface area (Å²) < 4.78 is 45.7. The Balaban J connectivity index is 1.61. The number of hydrogen-bond donors (Lipinski definition) is 0. The van der Waals surface area contributed by atoms with Crippen molar-refractivity contribution in [2.45, 2.75) is 69.1 Å². The molecule has 2 aromatic carbocycles. The molecule has 0 radical (unpaired) electrons. The van der Waals surface area contributed by atoms with Gasteiger partial charge in [-0.25, -0.2) is 0 Å². The zero-order valence-corrected chi connectivity index (χ0v) is 18.5. The summed E-state index contributed by atoms with van der Waals surface area (Å²) in [5.74, 6) is 0. The summed E-state index contributed by atoms with van der Waals surface area (Å²) in [4.78, 5) is 2.26. The smallest absolute Gasteiger partial charge is 0.375 e. The average molecular weight is 432 g/mol. The number of alkyl halides is 3. The summed E-state index contributed by atoms with van der Waals surface area (Å²) in [6.07, 6.45) is 2.80. The highest BCUT2D eigenvalue weighted by Gasteiger charge is 2.48. The Hall–Kier alpha value is -2.01. The molecule has 31 heavy (non-hydrogen) atoms. The summed E-state index contributed by atoms with van der Waals surface area (Å²) in [5, 5.41) is 0. The second-order valence-corrected chi connectivity index (χ2v) is 9.53. The van der Waals surface area contributed by atoms with Gasteiger partial charge in [0.05, 0.1) is 11.2 Å². The molecular weight excluding hydrogens is 399 g/mol. The van der Waals surface area contributed by atoms with E-state index >= 15 is 0 Å². The third-order valence-corrected chi connectivity index (χ3v) is 7.36. The van der Waals surface area contributed by atoms with Gasteiger partial charge in [0.25, 0.3) is 0 Å². The molecule has 0 bridgehead atoms. The lowest BCUT2D eigenvalue weighted by Gasteiger charge is -2.47. The van der Waals surface area contributed by atoms with Crippen molar-refractivity contribution >= 4 is 5.69 Å². The molecule has 1 aliphatic carbocycles. The standard InChI is InChI=1S/C26H32F3NO/c1-20-6-5-7-23(18-20)30(2)16-14-24(15-17-31-25(19-24)12-3-4-13-25)21-8-10-22(11-9-21)26(27,28)29/h5-11,18H,3-4,12-17,19H2,1-2H3/t24-/m0/s1. The van der Waals surface area contributed by atoms with Crippen LogP contribution in [0.15, 0.2) is 48.5 Å². The summed E-state index contributed by atoms with van der Waals surface area (Å²) >= 11 is 0. The van der Waals surface area contributed by atoms with Gasteiger partial charge in [0.2, 0.25) is 0 Å². The maximum absolute atomic E-state index is 13.1. The molecule has 0 aromatic heterocycles. The molecule has 168 valence electrons. The number of nitrogens with zero attached hydrogens (tertiary/aromatic N) is 1. The van der Waals surface area contributed by atoms with Gasteiger partial charge in [0.15, 0.2) is 0 Å². The van der Waals surface area contributed by atoms with Crippen LogP contribution in [0.1, 0.15) is 61.6 Å². The fourth-order valence-corrected chi connectivity index (χ4v) is 5.55. The highest BCUT2D eigenvalue weighted by molar-refractivity contribution is 5.47. The van der Waals surface area contributed by atoms with Crippen LogP contribution in [0.4, 0.5) is 18.9 Å². The lowest BCUT2D eigenvalue weighted by atomic mass is 9.66. The fourth-order valence-electron chi connectivity index (χ4n) is 5.55. The van der Waals surface area contributed by atoms with Gasteiger partial charge < -0.3 is 9.64 Å². The summed E-state index contributed by atoms with van der Waals surface area (Å²) in [7, 11) is 2.10. The molecule has 2 fully saturated rings. The van der Waals surface area contributed by atoms with E-state index in [1.807, 2.05) is 0 Å². The van der Waals surface area contributed by atoms with Gasteiger partial charge in [0, 0.05) is 31.3 Å². The van der Waals surface area contributed by atoms with Crippen LogP contribution in [0.3, 0.4) is 0 Å². The highest BCUT2D eigenvalue weighted by atomic mass is 19.4. The van der Waals surface area contributed by atoms with Crippen LogP contribution in [0.25, 0.3) is 0 Å². The molecule has 4 rings (SSSR count). The van der Waals surface area contributed by atoms with E-state index < -0.39 is 11.7 Å². The number of anilines is 1. The first-order valence-corrected chi connectivity index (χ1v) is 11.3. The van der Waals surface area contributed by atoms with Crippen molar-refractivity contribution in [1.82, 2.24) is 0 Å². The lowest BCUT2D eigenvalue weighted by molar-refractivity contribution is -0.137. The van der Waals surface area contributed by atoms with Crippen LogP contribution >= 0.6 is 0 Å². The quantitative estimate of drug-likeness (QED) is 0.510. The van der Waals surface area contributed by atoms with Crippen molar-refractivity contribution in [3.05, 3.63) is 65.2 Å². The van der Waals surface area contributed by atoms with E-state index in [1.165, 1.54) is 36.2 Å². The highest BCUT2D eigenvalue weighted by Crippen LogP contribution is 2.50. The second kappa shape index (κ2) is 8.50. The molecule has 2 aliphatic rings. The number of hydrogen-bond acceptors (Lipinski definition) is 2.